The van der Waals surface area contributed by atoms with Crippen molar-refractivity contribution in [3.8, 4) is 0 Å². The predicted molar refractivity (Wildman–Crippen MR) is 67.8 cm³/mol. The smallest absolute Gasteiger partial charge is 0.306 e. The van der Waals surface area contributed by atoms with E-state index in [-0.39, 0.29) is 12.1 Å². The minimum absolute atomic E-state index is 0.00902. The first-order valence-electron chi connectivity index (χ1n) is 7.13. The van der Waals surface area contributed by atoms with Gasteiger partial charge in [0.1, 0.15) is 6.10 Å². The van der Waals surface area contributed by atoms with Crippen molar-refractivity contribution in [2.75, 3.05) is 6.61 Å². The zero-order chi connectivity index (χ0) is 12.3. The number of aliphatic hydroxyl groups excluding tert-OH is 1. The Morgan fingerprint density at radius 2 is 1.71 bits per heavy atom. The van der Waals surface area contributed by atoms with Gasteiger partial charge in [0.15, 0.2) is 0 Å². The molecule has 1 aliphatic rings. The summed E-state index contributed by atoms with van der Waals surface area (Å²) in [6.07, 6.45) is 12.2. The number of cyclic esters (lactones) is 1. The Morgan fingerprint density at radius 3 is 2.35 bits per heavy atom. The highest BCUT2D eigenvalue weighted by Gasteiger charge is 2.19. The Balaban J connectivity index is 1.85. The summed E-state index contributed by atoms with van der Waals surface area (Å²) >= 11 is 0. The van der Waals surface area contributed by atoms with Gasteiger partial charge in [-0.15, -0.1) is 0 Å². The van der Waals surface area contributed by atoms with Gasteiger partial charge < -0.3 is 9.84 Å². The summed E-state index contributed by atoms with van der Waals surface area (Å²) in [7, 11) is 0. The van der Waals surface area contributed by atoms with E-state index in [2.05, 4.69) is 0 Å². The van der Waals surface area contributed by atoms with E-state index < -0.39 is 0 Å². The molecule has 0 radical (unpaired) electrons. The highest BCUT2D eigenvalue weighted by atomic mass is 16.5. The molecule has 0 aromatic heterocycles. The van der Waals surface area contributed by atoms with Crippen LogP contribution in [0.4, 0.5) is 0 Å². The molecule has 3 heteroatoms. The molecule has 0 aliphatic carbocycles. The van der Waals surface area contributed by atoms with Crippen molar-refractivity contribution < 1.29 is 14.6 Å². The molecule has 0 aromatic rings. The summed E-state index contributed by atoms with van der Waals surface area (Å²) in [5.74, 6) is -0.00902. The van der Waals surface area contributed by atoms with E-state index >= 15 is 0 Å². The van der Waals surface area contributed by atoms with Crippen molar-refractivity contribution in [1.82, 2.24) is 0 Å². The number of esters is 1. The third-order valence-electron chi connectivity index (χ3n) is 3.39. The van der Waals surface area contributed by atoms with Gasteiger partial charge in [-0.3, -0.25) is 4.79 Å². The molecular weight excluding hydrogens is 216 g/mol. The van der Waals surface area contributed by atoms with Crippen LogP contribution in [0.3, 0.4) is 0 Å². The molecule has 1 aliphatic heterocycles. The van der Waals surface area contributed by atoms with Gasteiger partial charge in [0.2, 0.25) is 0 Å². The van der Waals surface area contributed by atoms with E-state index in [1.54, 1.807) is 0 Å². The maximum Gasteiger partial charge on any atom is 0.306 e. The van der Waals surface area contributed by atoms with Crippen LogP contribution in [0.25, 0.3) is 0 Å². The lowest BCUT2D eigenvalue weighted by atomic mass is 10.0. The lowest BCUT2D eigenvalue weighted by molar-refractivity contribution is -0.154. The second-order valence-electron chi connectivity index (χ2n) is 4.99. The molecule has 1 fully saturated rings. The lowest BCUT2D eigenvalue weighted by Crippen LogP contribution is -2.23. The predicted octanol–water partition coefficient (Wildman–Crippen LogP) is 3.20. The van der Waals surface area contributed by atoms with E-state index in [1.165, 1.54) is 32.1 Å². The average molecular weight is 242 g/mol. The number of rotatable bonds is 9. The van der Waals surface area contributed by atoms with Gasteiger partial charge >= 0.3 is 5.97 Å². The van der Waals surface area contributed by atoms with Crippen molar-refractivity contribution in [2.24, 2.45) is 0 Å². The number of hydrogen-bond donors (Lipinski definition) is 1. The van der Waals surface area contributed by atoms with Crippen LogP contribution < -0.4 is 0 Å². The molecule has 1 heterocycles. The summed E-state index contributed by atoms with van der Waals surface area (Å²) < 4.78 is 5.28. The highest BCUT2D eigenvalue weighted by Crippen LogP contribution is 2.19. The van der Waals surface area contributed by atoms with Gasteiger partial charge in [-0.2, -0.15) is 0 Å². The largest absolute Gasteiger partial charge is 0.462 e. The lowest BCUT2D eigenvalue weighted by Gasteiger charge is -2.21. The third-order valence-corrected chi connectivity index (χ3v) is 3.39. The summed E-state index contributed by atoms with van der Waals surface area (Å²) in [5.41, 5.74) is 0. The van der Waals surface area contributed by atoms with Crippen LogP contribution in [-0.4, -0.2) is 23.8 Å². The van der Waals surface area contributed by atoms with Gasteiger partial charge in [0.25, 0.3) is 0 Å². The second-order valence-corrected chi connectivity index (χ2v) is 4.99. The molecule has 1 rings (SSSR count). The van der Waals surface area contributed by atoms with Crippen molar-refractivity contribution in [2.45, 2.75) is 76.7 Å². The van der Waals surface area contributed by atoms with E-state index in [0.29, 0.717) is 13.0 Å². The normalized spacial score (nSPS) is 20.3. The molecular formula is C14H26O3. The minimum Gasteiger partial charge on any atom is -0.462 e. The van der Waals surface area contributed by atoms with Crippen molar-refractivity contribution in [3.05, 3.63) is 0 Å². The molecule has 0 spiro atoms. The monoisotopic (exact) mass is 242 g/mol. The quantitative estimate of drug-likeness (QED) is 0.499. The van der Waals surface area contributed by atoms with Gasteiger partial charge in [-0.05, 0) is 32.1 Å². The second kappa shape index (κ2) is 9.46. The number of carbonyl (C=O) groups excluding carboxylic acids is 1. The van der Waals surface area contributed by atoms with Gasteiger partial charge in [0, 0.05) is 13.0 Å². The van der Waals surface area contributed by atoms with E-state index in [0.717, 1.165) is 32.1 Å². The molecule has 1 saturated heterocycles. The maximum absolute atomic E-state index is 11.1. The fraction of sp³-hybridized carbons (Fsp3) is 0.929. The Kier molecular flexibility index (Phi) is 8.06. The Bertz CT molecular complexity index is 204. The Labute approximate surface area is 105 Å². The third kappa shape index (κ3) is 7.37. The van der Waals surface area contributed by atoms with Crippen molar-refractivity contribution >= 4 is 5.97 Å². The number of ether oxygens (including phenoxy) is 1. The van der Waals surface area contributed by atoms with Crippen LogP contribution in [0.2, 0.25) is 0 Å². The van der Waals surface area contributed by atoms with Crippen LogP contribution in [0.5, 0.6) is 0 Å². The molecule has 0 saturated carbocycles. The molecule has 1 unspecified atom stereocenters. The fourth-order valence-electron chi connectivity index (χ4n) is 2.35. The SMILES string of the molecule is O=C1CCCC(CCCCCCCCCO)O1. The first-order chi connectivity index (χ1) is 8.33. The molecule has 100 valence electrons. The molecule has 3 nitrogen and oxygen atoms in total. The van der Waals surface area contributed by atoms with Crippen molar-refractivity contribution in [1.29, 1.82) is 0 Å². The molecule has 0 bridgehead atoms. The summed E-state index contributed by atoms with van der Waals surface area (Å²) in [6, 6.07) is 0. The van der Waals surface area contributed by atoms with E-state index in [9.17, 15) is 4.79 Å². The van der Waals surface area contributed by atoms with Crippen LogP contribution >= 0.6 is 0 Å². The number of aliphatic hydroxyl groups is 1. The van der Waals surface area contributed by atoms with Crippen molar-refractivity contribution in [3.63, 3.8) is 0 Å². The van der Waals surface area contributed by atoms with Crippen LogP contribution in [-0.2, 0) is 9.53 Å². The zero-order valence-electron chi connectivity index (χ0n) is 10.8. The Morgan fingerprint density at radius 1 is 1.06 bits per heavy atom. The van der Waals surface area contributed by atoms with Gasteiger partial charge in [-0.25, -0.2) is 0 Å². The molecule has 0 aromatic carbocycles. The Hall–Kier alpha value is -0.570. The maximum atomic E-state index is 11.1. The van der Waals surface area contributed by atoms with Gasteiger partial charge in [-0.1, -0.05) is 32.1 Å². The number of hydrogen-bond acceptors (Lipinski definition) is 3. The van der Waals surface area contributed by atoms with Crippen LogP contribution in [0.15, 0.2) is 0 Å². The number of carbonyl (C=O) groups is 1. The first-order valence-corrected chi connectivity index (χ1v) is 7.13. The van der Waals surface area contributed by atoms with Crippen LogP contribution in [0, 0.1) is 0 Å². The molecule has 0 amide bonds. The summed E-state index contributed by atoms with van der Waals surface area (Å²) in [5, 5.41) is 8.63. The highest BCUT2D eigenvalue weighted by molar-refractivity contribution is 5.70. The van der Waals surface area contributed by atoms with Gasteiger partial charge in [0.05, 0.1) is 0 Å². The van der Waals surface area contributed by atoms with Crippen LogP contribution in [0.1, 0.15) is 70.6 Å². The molecule has 1 atom stereocenters. The summed E-state index contributed by atoms with van der Waals surface area (Å²) in [6.45, 7) is 0.326. The standard InChI is InChI=1S/C14H26O3/c15-12-7-5-3-1-2-4-6-9-13-10-8-11-14(16)17-13/h13,15H,1-12H2. The topological polar surface area (TPSA) is 46.5 Å². The minimum atomic E-state index is -0.00902. The fourth-order valence-corrected chi connectivity index (χ4v) is 2.35. The molecule has 1 N–H and O–H groups in total. The molecule has 17 heavy (non-hydrogen) atoms. The average Bonchev–Trinajstić information content (AvgIpc) is 2.33. The summed E-state index contributed by atoms with van der Waals surface area (Å²) in [4.78, 5) is 11.1. The zero-order valence-corrected chi connectivity index (χ0v) is 10.8. The number of unbranched alkanes of at least 4 members (excludes halogenated alkanes) is 6. The first kappa shape index (κ1) is 14.5. The van der Waals surface area contributed by atoms with E-state index in [1.807, 2.05) is 0 Å². The van der Waals surface area contributed by atoms with E-state index in [4.69, 9.17) is 9.84 Å².